The van der Waals surface area contributed by atoms with Crippen molar-refractivity contribution < 1.29 is 8.42 Å². The number of hydrogen-bond donors (Lipinski definition) is 1. The first-order chi connectivity index (χ1) is 8.61. The third-order valence-corrected chi connectivity index (χ3v) is 5.84. The zero-order valence-electron chi connectivity index (χ0n) is 11.5. The second kappa shape index (κ2) is 7.81. The van der Waals surface area contributed by atoms with E-state index in [2.05, 4.69) is 24.1 Å². The molecule has 0 aliphatic carbocycles. The minimum Gasteiger partial charge on any atom is -0.313 e. The first kappa shape index (κ1) is 15.5. The van der Waals surface area contributed by atoms with Crippen molar-refractivity contribution >= 4 is 9.84 Å². The monoisotopic (exact) mass is 271 g/mol. The predicted molar refractivity (Wildman–Crippen MR) is 76.2 cm³/mol. The molecule has 0 aromatic heterocycles. The molecule has 1 fully saturated rings. The van der Waals surface area contributed by atoms with Gasteiger partial charge in [0.25, 0.3) is 0 Å². The smallest absolute Gasteiger partial charge is 0.154 e. The fourth-order valence-corrected chi connectivity index (χ4v) is 4.70. The van der Waals surface area contributed by atoms with E-state index in [0.717, 1.165) is 45.1 Å². The van der Waals surface area contributed by atoms with Crippen molar-refractivity contribution in [2.75, 3.05) is 12.3 Å². The van der Waals surface area contributed by atoms with E-state index in [1.807, 2.05) is 6.92 Å². The predicted octanol–water partition coefficient (Wildman–Crippen LogP) is 2.13. The molecule has 1 N–H and O–H groups in total. The lowest BCUT2D eigenvalue weighted by Crippen LogP contribution is -2.46. The SMILES string of the molecule is CC#CCCC(NCCC)C1CCCCS1(=O)=O. The van der Waals surface area contributed by atoms with E-state index in [1.54, 1.807) is 0 Å². The summed E-state index contributed by atoms with van der Waals surface area (Å²) in [6.45, 7) is 4.81. The van der Waals surface area contributed by atoms with Gasteiger partial charge in [0.15, 0.2) is 9.84 Å². The lowest BCUT2D eigenvalue weighted by molar-refractivity contribution is 0.420. The summed E-state index contributed by atoms with van der Waals surface area (Å²) in [6, 6.07) is 0.0797. The van der Waals surface area contributed by atoms with Crippen LogP contribution in [0, 0.1) is 11.8 Å². The molecule has 4 heteroatoms. The van der Waals surface area contributed by atoms with Gasteiger partial charge in [-0.25, -0.2) is 8.42 Å². The van der Waals surface area contributed by atoms with E-state index in [9.17, 15) is 8.42 Å². The van der Waals surface area contributed by atoms with Gasteiger partial charge in [0.05, 0.1) is 11.0 Å². The van der Waals surface area contributed by atoms with E-state index in [-0.39, 0.29) is 11.3 Å². The van der Waals surface area contributed by atoms with Crippen LogP contribution in [0.5, 0.6) is 0 Å². The lowest BCUT2D eigenvalue weighted by atomic mass is 10.0. The molecule has 0 aromatic rings. The summed E-state index contributed by atoms with van der Waals surface area (Å²) in [7, 11) is -2.90. The van der Waals surface area contributed by atoms with Gasteiger partial charge in [0.1, 0.15) is 0 Å². The highest BCUT2D eigenvalue weighted by Crippen LogP contribution is 2.24. The molecule has 0 aromatic carbocycles. The number of sulfone groups is 1. The summed E-state index contributed by atoms with van der Waals surface area (Å²) < 4.78 is 24.3. The topological polar surface area (TPSA) is 46.2 Å². The Bertz CT molecular complexity index is 392. The minimum atomic E-state index is -2.90. The molecular formula is C14H25NO2S. The lowest BCUT2D eigenvalue weighted by Gasteiger charge is -2.30. The summed E-state index contributed by atoms with van der Waals surface area (Å²) in [6.07, 6.45) is 5.32. The average Bonchev–Trinajstić information content (AvgIpc) is 2.34. The Morgan fingerprint density at radius 1 is 1.39 bits per heavy atom. The minimum absolute atomic E-state index is 0.0797. The van der Waals surface area contributed by atoms with Crippen LogP contribution in [0.4, 0.5) is 0 Å². The normalized spacial score (nSPS) is 24.0. The molecule has 1 rings (SSSR count). The van der Waals surface area contributed by atoms with Crippen molar-refractivity contribution in [2.24, 2.45) is 0 Å². The van der Waals surface area contributed by atoms with Crippen molar-refractivity contribution in [3.63, 3.8) is 0 Å². The van der Waals surface area contributed by atoms with Crippen LogP contribution in [0.15, 0.2) is 0 Å². The molecule has 1 aliphatic heterocycles. The van der Waals surface area contributed by atoms with Gasteiger partial charge in [-0.15, -0.1) is 11.8 Å². The molecule has 18 heavy (non-hydrogen) atoms. The fourth-order valence-electron chi connectivity index (χ4n) is 2.53. The molecule has 0 amide bonds. The first-order valence-corrected chi connectivity index (χ1v) is 8.68. The van der Waals surface area contributed by atoms with Crippen molar-refractivity contribution in [3.8, 4) is 11.8 Å². The Balaban J connectivity index is 2.68. The first-order valence-electron chi connectivity index (χ1n) is 6.96. The Kier molecular flexibility index (Phi) is 6.73. The maximum Gasteiger partial charge on any atom is 0.154 e. The molecule has 1 aliphatic rings. The standard InChI is InChI=1S/C14H25NO2S/c1-3-5-6-9-13(15-11-4-2)14-10-7-8-12-18(14,16)17/h13-15H,4,6-12H2,1-2H3. The van der Waals surface area contributed by atoms with Gasteiger partial charge in [-0.2, -0.15) is 0 Å². The van der Waals surface area contributed by atoms with Crippen LogP contribution in [0.2, 0.25) is 0 Å². The van der Waals surface area contributed by atoms with Gasteiger partial charge in [-0.3, -0.25) is 0 Å². The maximum absolute atomic E-state index is 12.1. The Hall–Kier alpha value is -0.530. The summed E-state index contributed by atoms with van der Waals surface area (Å²) in [4.78, 5) is 0. The highest BCUT2D eigenvalue weighted by Gasteiger charge is 2.34. The van der Waals surface area contributed by atoms with Gasteiger partial charge >= 0.3 is 0 Å². The van der Waals surface area contributed by atoms with Crippen molar-refractivity contribution in [2.45, 2.75) is 63.7 Å². The summed E-state index contributed by atoms with van der Waals surface area (Å²) in [5.41, 5.74) is 0. The second-order valence-corrected chi connectivity index (χ2v) is 7.27. The van der Waals surface area contributed by atoms with E-state index in [1.165, 1.54) is 0 Å². The van der Waals surface area contributed by atoms with Gasteiger partial charge < -0.3 is 5.32 Å². The number of rotatable bonds is 6. The molecule has 0 saturated carbocycles. The van der Waals surface area contributed by atoms with Crippen LogP contribution in [0.3, 0.4) is 0 Å². The van der Waals surface area contributed by atoms with Crippen molar-refractivity contribution in [1.82, 2.24) is 5.32 Å². The van der Waals surface area contributed by atoms with Gasteiger partial charge in [0, 0.05) is 12.5 Å². The zero-order chi connectivity index (χ0) is 13.4. The van der Waals surface area contributed by atoms with Crippen LogP contribution in [0.1, 0.15) is 52.4 Å². The molecule has 1 heterocycles. The molecular weight excluding hydrogens is 246 g/mol. The molecule has 2 atom stereocenters. The van der Waals surface area contributed by atoms with Gasteiger partial charge in [0.2, 0.25) is 0 Å². The third-order valence-electron chi connectivity index (χ3n) is 3.49. The Labute approximate surface area is 112 Å². The number of hydrogen-bond acceptors (Lipinski definition) is 3. The van der Waals surface area contributed by atoms with Crippen molar-refractivity contribution in [3.05, 3.63) is 0 Å². The van der Waals surface area contributed by atoms with Crippen LogP contribution >= 0.6 is 0 Å². The molecule has 0 spiro atoms. The van der Waals surface area contributed by atoms with Gasteiger partial charge in [-0.1, -0.05) is 13.3 Å². The second-order valence-electron chi connectivity index (χ2n) is 4.93. The summed E-state index contributed by atoms with van der Waals surface area (Å²) in [5, 5.41) is 3.21. The quantitative estimate of drug-likeness (QED) is 0.753. The molecule has 104 valence electrons. The fraction of sp³-hybridized carbons (Fsp3) is 0.857. The molecule has 0 radical (unpaired) electrons. The third kappa shape index (κ3) is 4.62. The Morgan fingerprint density at radius 2 is 2.17 bits per heavy atom. The highest BCUT2D eigenvalue weighted by molar-refractivity contribution is 7.92. The molecule has 2 unspecified atom stereocenters. The van der Waals surface area contributed by atoms with E-state index >= 15 is 0 Å². The average molecular weight is 271 g/mol. The summed E-state index contributed by atoms with van der Waals surface area (Å²) >= 11 is 0. The van der Waals surface area contributed by atoms with E-state index < -0.39 is 9.84 Å². The number of nitrogens with one attached hydrogen (secondary N) is 1. The Morgan fingerprint density at radius 3 is 2.78 bits per heavy atom. The van der Waals surface area contributed by atoms with Crippen LogP contribution in [-0.4, -0.2) is 32.0 Å². The van der Waals surface area contributed by atoms with E-state index in [4.69, 9.17) is 0 Å². The van der Waals surface area contributed by atoms with Crippen LogP contribution in [0.25, 0.3) is 0 Å². The largest absolute Gasteiger partial charge is 0.313 e. The molecule has 3 nitrogen and oxygen atoms in total. The maximum atomic E-state index is 12.1. The highest BCUT2D eigenvalue weighted by atomic mass is 32.2. The summed E-state index contributed by atoms with van der Waals surface area (Å²) in [5.74, 6) is 6.27. The van der Waals surface area contributed by atoms with Gasteiger partial charge in [-0.05, 0) is 39.2 Å². The van der Waals surface area contributed by atoms with Crippen LogP contribution in [-0.2, 0) is 9.84 Å². The van der Waals surface area contributed by atoms with E-state index in [0.29, 0.717) is 5.75 Å². The molecule has 1 saturated heterocycles. The van der Waals surface area contributed by atoms with Crippen molar-refractivity contribution in [1.29, 1.82) is 0 Å². The zero-order valence-corrected chi connectivity index (χ0v) is 12.4. The molecule has 0 bridgehead atoms. The van der Waals surface area contributed by atoms with Crippen LogP contribution < -0.4 is 5.32 Å².